The van der Waals surface area contributed by atoms with Crippen LogP contribution < -0.4 is 16.1 Å². The SMILES string of the molecule is C[C@H](CC(=O)CN1CCNCCN(CC(=O)N[C@@H](C)C=O)CCN(Cc2ccc3c(=O)c4ccccc4sc3n2)CC1)C(=O)O. The molecule has 0 spiro atoms. The standard InChI is InChI=1S/C32H42N6O6S/c1-22(32(43)44)17-25(40)19-36-11-9-33-10-12-37(20-29(41)34-23(2)21-39)14-16-38(15-13-36)18-24-7-8-27-30(42)26-5-3-4-6-28(26)45-31(27)35-24/h3-8,21-23,33H,9-20H2,1-2H3,(H,34,41)(H,43,44)/t22-,23+/m1/s1. The van der Waals surface area contributed by atoms with Gasteiger partial charge in [0.2, 0.25) is 5.91 Å². The Hall–Kier alpha value is -3.62. The summed E-state index contributed by atoms with van der Waals surface area (Å²) in [6.45, 7) is 8.88. The lowest BCUT2D eigenvalue weighted by Gasteiger charge is -2.31. The third-order valence-electron chi connectivity index (χ3n) is 7.88. The number of benzene rings is 1. The summed E-state index contributed by atoms with van der Waals surface area (Å²) in [5.74, 6) is -2.04. The van der Waals surface area contributed by atoms with E-state index < -0.39 is 17.9 Å². The number of amides is 1. The highest BCUT2D eigenvalue weighted by Crippen LogP contribution is 2.23. The van der Waals surface area contributed by atoms with Crippen LogP contribution in [0.25, 0.3) is 20.3 Å². The molecule has 2 aromatic heterocycles. The van der Waals surface area contributed by atoms with Gasteiger partial charge >= 0.3 is 5.97 Å². The molecule has 1 aromatic carbocycles. The molecule has 1 amide bonds. The average Bonchev–Trinajstić information content (AvgIpc) is 3.00. The Labute approximate surface area is 266 Å². The largest absolute Gasteiger partial charge is 0.481 e. The van der Waals surface area contributed by atoms with Crippen LogP contribution in [0.3, 0.4) is 0 Å². The zero-order valence-corrected chi connectivity index (χ0v) is 26.7. The molecule has 0 bridgehead atoms. The third kappa shape index (κ3) is 10.2. The summed E-state index contributed by atoms with van der Waals surface area (Å²) in [4.78, 5) is 72.6. The molecule has 0 aliphatic carbocycles. The summed E-state index contributed by atoms with van der Waals surface area (Å²) in [5, 5.41) is 16.6. The number of aldehydes is 1. The Morgan fingerprint density at radius 1 is 0.956 bits per heavy atom. The number of carboxylic acid groups (broad SMARTS) is 1. The number of rotatable bonds is 11. The fourth-order valence-corrected chi connectivity index (χ4v) is 6.35. The molecule has 3 N–H and O–H groups in total. The number of nitrogens with zero attached hydrogens (tertiary/aromatic N) is 4. The number of pyridine rings is 1. The van der Waals surface area contributed by atoms with Crippen molar-refractivity contribution in [3.63, 3.8) is 0 Å². The van der Waals surface area contributed by atoms with Crippen molar-refractivity contribution < 1.29 is 24.3 Å². The fourth-order valence-electron chi connectivity index (χ4n) is 5.29. The van der Waals surface area contributed by atoms with Crippen LogP contribution in [0.5, 0.6) is 0 Å². The first-order valence-electron chi connectivity index (χ1n) is 15.3. The number of carbonyl (C=O) groups excluding carboxylic acids is 3. The van der Waals surface area contributed by atoms with E-state index in [1.54, 1.807) is 13.8 Å². The minimum Gasteiger partial charge on any atom is -0.481 e. The molecular formula is C32H42N6O6S. The smallest absolute Gasteiger partial charge is 0.306 e. The molecule has 1 fully saturated rings. The molecule has 13 heteroatoms. The number of aromatic nitrogens is 1. The minimum atomic E-state index is -0.982. The van der Waals surface area contributed by atoms with E-state index in [-0.39, 0.29) is 36.6 Å². The Balaban J connectivity index is 1.52. The van der Waals surface area contributed by atoms with Crippen molar-refractivity contribution in [2.45, 2.75) is 32.9 Å². The Kier molecular flexibility index (Phi) is 12.7. The van der Waals surface area contributed by atoms with E-state index in [0.29, 0.717) is 80.8 Å². The van der Waals surface area contributed by atoms with Gasteiger partial charge in [0.05, 0.1) is 36.1 Å². The first-order chi connectivity index (χ1) is 21.6. The van der Waals surface area contributed by atoms with Crippen molar-refractivity contribution in [2.24, 2.45) is 5.92 Å². The van der Waals surface area contributed by atoms with Gasteiger partial charge in [0.15, 0.2) is 5.43 Å². The molecule has 12 nitrogen and oxygen atoms in total. The van der Waals surface area contributed by atoms with Crippen molar-refractivity contribution >= 4 is 55.6 Å². The summed E-state index contributed by atoms with van der Waals surface area (Å²) in [6, 6.07) is 10.7. The molecular weight excluding hydrogens is 596 g/mol. The second kappa shape index (κ2) is 16.6. The second-order valence-electron chi connectivity index (χ2n) is 11.6. The third-order valence-corrected chi connectivity index (χ3v) is 8.96. The molecule has 0 unspecified atom stereocenters. The Morgan fingerprint density at radius 2 is 1.62 bits per heavy atom. The molecule has 1 aliphatic rings. The van der Waals surface area contributed by atoms with Crippen molar-refractivity contribution in [2.75, 3.05) is 65.4 Å². The van der Waals surface area contributed by atoms with Crippen LogP contribution in [0, 0.1) is 5.92 Å². The summed E-state index contributed by atoms with van der Waals surface area (Å²) >= 11 is 1.49. The summed E-state index contributed by atoms with van der Waals surface area (Å²) in [7, 11) is 0. The zero-order valence-electron chi connectivity index (χ0n) is 25.9. The molecule has 3 aromatic rings. The monoisotopic (exact) mass is 638 g/mol. The van der Waals surface area contributed by atoms with Crippen molar-refractivity contribution in [3.05, 3.63) is 52.3 Å². The van der Waals surface area contributed by atoms with Gasteiger partial charge in [-0.05, 0) is 31.2 Å². The van der Waals surface area contributed by atoms with E-state index in [1.807, 2.05) is 36.4 Å². The number of carboxylic acids is 1. The van der Waals surface area contributed by atoms with Gasteiger partial charge in [-0.2, -0.15) is 0 Å². The van der Waals surface area contributed by atoms with E-state index in [2.05, 4.69) is 25.3 Å². The summed E-state index contributed by atoms with van der Waals surface area (Å²) in [6.07, 6.45) is 0.688. The van der Waals surface area contributed by atoms with E-state index in [4.69, 9.17) is 4.98 Å². The van der Waals surface area contributed by atoms with Crippen molar-refractivity contribution in [1.82, 2.24) is 30.3 Å². The van der Waals surface area contributed by atoms with Crippen LogP contribution in [-0.4, -0.2) is 120 Å². The van der Waals surface area contributed by atoms with E-state index >= 15 is 0 Å². The normalized spacial score (nSPS) is 17.6. The van der Waals surface area contributed by atoms with Crippen LogP contribution in [0.15, 0.2) is 41.2 Å². The van der Waals surface area contributed by atoms with Crippen LogP contribution in [0.1, 0.15) is 26.0 Å². The highest BCUT2D eigenvalue weighted by Gasteiger charge is 2.21. The lowest BCUT2D eigenvalue weighted by molar-refractivity contribution is -0.143. The van der Waals surface area contributed by atoms with Gasteiger partial charge in [-0.25, -0.2) is 4.98 Å². The Bertz CT molecular complexity index is 1560. The molecule has 1 aliphatic heterocycles. The van der Waals surface area contributed by atoms with E-state index in [1.165, 1.54) is 11.3 Å². The Morgan fingerprint density at radius 3 is 2.31 bits per heavy atom. The second-order valence-corrected chi connectivity index (χ2v) is 12.7. The molecule has 3 heterocycles. The lowest BCUT2D eigenvalue weighted by atomic mass is 10.0. The maximum atomic E-state index is 13.1. The van der Waals surface area contributed by atoms with Crippen LogP contribution in [0.4, 0.5) is 0 Å². The predicted octanol–water partition coefficient (Wildman–Crippen LogP) is 1.20. The van der Waals surface area contributed by atoms with Crippen LogP contribution in [-0.2, 0) is 25.7 Å². The number of aliphatic carboxylic acids is 1. The lowest BCUT2D eigenvalue weighted by Crippen LogP contribution is -2.48. The van der Waals surface area contributed by atoms with Crippen LogP contribution >= 0.6 is 11.3 Å². The van der Waals surface area contributed by atoms with Crippen LogP contribution in [0.2, 0.25) is 0 Å². The number of fused-ring (bicyclic) bond motifs is 2. The highest BCUT2D eigenvalue weighted by molar-refractivity contribution is 7.24. The quantitative estimate of drug-likeness (QED) is 0.205. The number of ketones is 1. The number of nitrogens with one attached hydrogen (secondary N) is 2. The van der Waals surface area contributed by atoms with Gasteiger partial charge in [-0.1, -0.05) is 19.1 Å². The van der Waals surface area contributed by atoms with E-state index in [9.17, 15) is 29.1 Å². The van der Waals surface area contributed by atoms with Crippen molar-refractivity contribution in [1.29, 1.82) is 0 Å². The molecule has 0 radical (unpaired) electrons. The van der Waals surface area contributed by atoms with Gasteiger partial charge in [0.1, 0.15) is 16.9 Å². The average molecular weight is 639 g/mol. The zero-order chi connectivity index (χ0) is 32.3. The minimum absolute atomic E-state index is 0.0126. The molecule has 0 saturated carbocycles. The maximum absolute atomic E-state index is 13.1. The van der Waals surface area contributed by atoms with Gasteiger partial charge in [0, 0.05) is 75.4 Å². The molecule has 1 saturated heterocycles. The number of hydrogen-bond donors (Lipinski definition) is 3. The topological polar surface area (TPSA) is 152 Å². The maximum Gasteiger partial charge on any atom is 0.306 e. The summed E-state index contributed by atoms with van der Waals surface area (Å²) < 4.78 is 0.884. The molecule has 242 valence electrons. The molecule has 45 heavy (non-hydrogen) atoms. The van der Waals surface area contributed by atoms with Crippen molar-refractivity contribution in [3.8, 4) is 0 Å². The first kappa shape index (κ1) is 34.3. The predicted molar refractivity (Wildman–Crippen MR) is 175 cm³/mol. The number of carbonyl (C=O) groups is 4. The highest BCUT2D eigenvalue weighted by atomic mass is 32.1. The van der Waals surface area contributed by atoms with E-state index in [0.717, 1.165) is 10.4 Å². The number of hydrogen-bond acceptors (Lipinski definition) is 11. The fraction of sp³-hybridized carbons (Fsp3) is 0.500. The van der Waals surface area contributed by atoms with Gasteiger partial charge in [-0.15, -0.1) is 11.3 Å². The first-order valence-corrected chi connectivity index (χ1v) is 16.1. The van der Waals surface area contributed by atoms with Gasteiger partial charge in [-0.3, -0.25) is 33.9 Å². The molecule has 4 rings (SSSR count). The number of Topliss-reactive ketones (excluding diaryl/α,β-unsaturated/α-hetero) is 1. The van der Waals surface area contributed by atoms with Gasteiger partial charge < -0.3 is 20.5 Å². The molecule has 2 atom stereocenters. The summed E-state index contributed by atoms with van der Waals surface area (Å²) in [5.41, 5.74) is 0.776. The van der Waals surface area contributed by atoms with Gasteiger partial charge in [0.25, 0.3) is 0 Å².